The lowest BCUT2D eigenvalue weighted by Crippen LogP contribution is -2.39. The van der Waals surface area contributed by atoms with E-state index in [-0.39, 0.29) is 6.17 Å². The van der Waals surface area contributed by atoms with Crippen LogP contribution in [0.1, 0.15) is 52.9 Å². The Balaban J connectivity index is 1.61. The largest absolute Gasteiger partial charge is 0.512 e. The zero-order chi connectivity index (χ0) is 18.0. The van der Waals surface area contributed by atoms with Gasteiger partial charge in [0.1, 0.15) is 11.8 Å². The van der Waals surface area contributed by atoms with Crippen LogP contribution in [0.25, 0.3) is 0 Å². The Bertz CT molecular complexity index is 668. The number of carbonyl (C=O) groups is 1. The molecule has 0 spiro atoms. The minimum Gasteiger partial charge on any atom is -0.512 e. The summed E-state index contributed by atoms with van der Waals surface area (Å²) >= 11 is 0. The van der Waals surface area contributed by atoms with Crippen LogP contribution in [-0.4, -0.2) is 29.2 Å². The first-order chi connectivity index (χ1) is 11.8. The van der Waals surface area contributed by atoms with Crippen molar-refractivity contribution in [1.29, 1.82) is 0 Å². The van der Waals surface area contributed by atoms with Crippen molar-refractivity contribution < 1.29 is 14.6 Å². The average molecular weight is 345 g/mol. The molecule has 1 aliphatic carbocycles. The number of aliphatic hydroxyl groups excluding tert-OH is 1. The van der Waals surface area contributed by atoms with Gasteiger partial charge < -0.3 is 15.2 Å². The molecular weight excluding hydrogens is 318 g/mol. The number of alkyl carbamates (subject to hydrolysis) is 1. The van der Waals surface area contributed by atoms with Crippen molar-refractivity contribution in [2.75, 3.05) is 0 Å². The summed E-state index contributed by atoms with van der Waals surface area (Å²) in [6.07, 6.45) is 9.28. The maximum Gasteiger partial charge on any atom is 0.409 e. The average Bonchev–Trinajstić information content (AvgIpc) is 2.53. The number of nitrogens with one attached hydrogen (secondary N) is 2. The molecule has 25 heavy (non-hydrogen) atoms. The van der Waals surface area contributed by atoms with Crippen molar-refractivity contribution in [3.05, 3.63) is 34.9 Å². The number of piperidine rings is 1. The molecule has 1 saturated heterocycles. The van der Waals surface area contributed by atoms with Crippen LogP contribution in [0.3, 0.4) is 0 Å². The highest BCUT2D eigenvalue weighted by molar-refractivity contribution is 5.81. The van der Waals surface area contributed by atoms with Crippen molar-refractivity contribution in [2.24, 2.45) is 10.9 Å². The van der Waals surface area contributed by atoms with Gasteiger partial charge in [-0.15, -0.1) is 0 Å². The van der Waals surface area contributed by atoms with Gasteiger partial charge in [0, 0.05) is 29.9 Å². The molecular formula is C19H27N3O3. The smallest absolute Gasteiger partial charge is 0.409 e. The molecule has 0 aromatic carbocycles. The Morgan fingerprint density at radius 3 is 2.80 bits per heavy atom. The van der Waals surface area contributed by atoms with E-state index in [1.165, 1.54) is 17.0 Å². The molecule has 1 unspecified atom stereocenters. The van der Waals surface area contributed by atoms with Crippen LogP contribution in [0.4, 0.5) is 4.79 Å². The first-order valence-electron chi connectivity index (χ1n) is 8.91. The highest BCUT2D eigenvalue weighted by Crippen LogP contribution is 2.34. The van der Waals surface area contributed by atoms with Gasteiger partial charge in [0.2, 0.25) is 0 Å². The lowest BCUT2D eigenvalue weighted by atomic mass is 9.85. The molecule has 3 aliphatic rings. The molecule has 0 saturated carbocycles. The van der Waals surface area contributed by atoms with Gasteiger partial charge in [0.05, 0.1) is 5.76 Å². The van der Waals surface area contributed by atoms with Crippen LogP contribution in [0.5, 0.6) is 0 Å². The van der Waals surface area contributed by atoms with Crippen molar-refractivity contribution in [3.8, 4) is 0 Å². The fourth-order valence-electron chi connectivity index (χ4n) is 3.34. The third-order valence-corrected chi connectivity index (χ3v) is 4.56. The summed E-state index contributed by atoms with van der Waals surface area (Å²) in [5.41, 5.74) is 3.07. The highest BCUT2D eigenvalue weighted by Gasteiger charge is 2.27. The van der Waals surface area contributed by atoms with Gasteiger partial charge in [0.15, 0.2) is 0 Å². The number of ether oxygens (including phenoxy) is 1. The fourth-order valence-corrected chi connectivity index (χ4v) is 3.34. The van der Waals surface area contributed by atoms with Gasteiger partial charge in [-0.3, -0.25) is 10.3 Å². The maximum atomic E-state index is 11.8. The second-order valence-electron chi connectivity index (χ2n) is 7.83. The number of nitrogens with zero attached hydrogens (tertiary/aromatic N) is 1. The molecule has 2 aliphatic heterocycles. The summed E-state index contributed by atoms with van der Waals surface area (Å²) in [5.74, 6) is 0.846. The summed E-state index contributed by atoms with van der Waals surface area (Å²) in [7, 11) is 0. The summed E-state index contributed by atoms with van der Waals surface area (Å²) in [6.45, 7) is 5.53. The summed E-state index contributed by atoms with van der Waals surface area (Å²) in [5, 5.41) is 16.0. The van der Waals surface area contributed by atoms with E-state index in [0.29, 0.717) is 11.7 Å². The summed E-state index contributed by atoms with van der Waals surface area (Å²) in [4.78, 5) is 16.3. The van der Waals surface area contributed by atoms with Crippen LogP contribution in [0.15, 0.2) is 39.9 Å². The van der Waals surface area contributed by atoms with E-state index in [1.54, 1.807) is 6.08 Å². The molecule has 0 radical (unpaired) electrons. The minimum absolute atomic E-state index is 0.232. The third kappa shape index (κ3) is 4.65. The number of fused-ring (bicyclic) bond motifs is 1. The van der Waals surface area contributed by atoms with Crippen LogP contribution in [0, 0.1) is 5.92 Å². The van der Waals surface area contributed by atoms with E-state index < -0.39 is 11.7 Å². The van der Waals surface area contributed by atoms with Gasteiger partial charge in [-0.2, -0.15) is 0 Å². The first-order valence-corrected chi connectivity index (χ1v) is 8.91. The highest BCUT2D eigenvalue weighted by atomic mass is 16.6. The van der Waals surface area contributed by atoms with E-state index in [1.807, 2.05) is 33.1 Å². The molecule has 1 fully saturated rings. The molecule has 136 valence electrons. The Hall–Kier alpha value is -2.24. The van der Waals surface area contributed by atoms with Gasteiger partial charge in [0.25, 0.3) is 0 Å². The monoisotopic (exact) mass is 345 g/mol. The Kier molecular flexibility index (Phi) is 4.88. The Morgan fingerprint density at radius 2 is 2.12 bits per heavy atom. The van der Waals surface area contributed by atoms with E-state index in [4.69, 9.17) is 4.74 Å². The lowest BCUT2D eigenvalue weighted by Gasteiger charge is -2.32. The van der Waals surface area contributed by atoms with E-state index in [0.717, 1.165) is 32.1 Å². The number of amides is 1. The Morgan fingerprint density at radius 1 is 1.32 bits per heavy atom. The number of carbonyl (C=O) groups excluding carboxylic acids is 1. The van der Waals surface area contributed by atoms with E-state index in [2.05, 4.69) is 15.6 Å². The third-order valence-electron chi connectivity index (χ3n) is 4.56. The second kappa shape index (κ2) is 6.94. The minimum atomic E-state index is -0.505. The van der Waals surface area contributed by atoms with Gasteiger partial charge in [-0.1, -0.05) is 0 Å². The zero-order valence-corrected chi connectivity index (χ0v) is 15.1. The zero-order valence-electron chi connectivity index (χ0n) is 15.1. The molecule has 6 nitrogen and oxygen atoms in total. The normalized spacial score (nSPS) is 29.1. The van der Waals surface area contributed by atoms with Crippen molar-refractivity contribution in [2.45, 2.75) is 64.6 Å². The molecule has 0 bridgehead atoms. The standard InChI is InChI=1S/C19H27N3O3/c1-19(2,3)25-18(24)22-17-9-5-13(11-20-17)16-7-4-12-10-14(23)6-8-15(12)21-16/h6,8,11-12,17,21,23H,4-5,7,9-10H2,1-3H3,(H,22,24)/t12-,17?/m1/s1. The summed E-state index contributed by atoms with van der Waals surface area (Å²) in [6, 6.07) is 0. The molecule has 3 N–H and O–H groups in total. The molecule has 0 aromatic rings. The van der Waals surface area contributed by atoms with Crippen LogP contribution < -0.4 is 10.6 Å². The van der Waals surface area contributed by atoms with E-state index >= 15 is 0 Å². The van der Waals surface area contributed by atoms with Crippen LogP contribution in [0.2, 0.25) is 0 Å². The Labute approximate surface area is 148 Å². The van der Waals surface area contributed by atoms with Crippen molar-refractivity contribution in [3.63, 3.8) is 0 Å². The quantitative estimate of drug-likeness (QED) is 0.677. The van der Waals surface area contributed by atoms with Crippen molar-refractivity contribution >= 4 is 12.3 Å². The van der Waals surface area contributed by atoms with Gasteiger partial charge in [-0.05, 0) is 64.2 Å². The number of hydrogen-bond donors (Lipinski definition) is 3. The topological polar surface area (TPSA) is 83.0 Å². The number of aliphatic hydroxyl groups is 1. The maximum absolute atomic E-state index is 11.8. The van der Waals surface area contributed by atoms with Crippen molar-refractivity contribution in [1.82, 2.24) is 10.6 Å². The van der Waals surface area contributed by atoms with E-state index in [9.17, 15) is 9.90 Å². The first kappa shape index (κ1) is 17.6. The number of allylic oxidation sites excluding steroid dienone is 6. The molecule has 6 heteroatoms. The fraction of sp³-hybridized carbons (Fsp3) is 0.579. The number of aliphatic imine (C=N–C) groups is 1. The van der Waals surface area contributed by atoms with Gasteiger partial charge >= 0.3 is 6.09 Å². The number of hydrogen-bond acceptors (Lipinski definition) is 5. The lowest BCUT2D eigenvalue weighted by molar-refractivity contribution is 0.0503. The van der Waals surface area contributed by atoms with Crippen LogP contribution >= 0.6 is 0 Å². The summed E-state index contributed by atoms with van der Waals surface area (Å²) < 4.78 is 5.27. The molecule has 2 atom stereocenters. The molecule has 1 amide bonds. The molecule has 0 aromatic heterocycles. The SMILES string of the molecule is CC(C)(C)OC(=O)NC1CCC(=C2CC[C@@H]3CC(O)=CC=C3N2)C=N1. The second-order valence-corrected chi connectivity index (χ2v) is 7.83. The molecule has 2 heterocycles. The molecule has 3 rings (SSSR count). The van der Waals surface area contributed by atoms with Crippen LogP contribution in [-0.2, 0) is 4.74 Å². The predicted molar refractivity (Wildman–Crippen MR) is 97.2 cm³/mol. The predicted octanol–water partition coefficient (Wildman–Crippen LogP) is 3.69. The van der Waals surface area contributed by atoms with Gasteiger partial charge in [-0.25, -0.2) is 4.79 Å². The number of rotatable bonds is 1.